The zero-order valence-electron chi connectivity index (χ0n) is 19.6. The largest absolute Gasteiger partial charge is 0.491 e. The van der Waals surface area contributed by atoms with Crippen molar-refractivity contribution >= 4 is 35.1 Å². The molecule has 0 aromatic heterocycles. The second kappa shape index (κ2) is 10.7. The van der Waals surface area contributed by atoms with Crippen LogP contribution in [0.1, 0.15) is 36.7 Å². The highest BCUT2D eigenvalue weighted by Gasteiger charge is 2.26. The number of urea groups is 1. The van der Waals surface area contributed by atoms with Crippen LogP contribution in [-0.2, 0) is 6.54 Å². The third kappa shape index (κ3) is 5.91. The summed E-state index contributed by atoms with van der Waals surface area (Å²) in [5.74, 6) is 0.639. The monoisotopic (exact) mass is 475 g/mol. The Bertz CT molecular complexity index is 1150. The molecule has 0 radical (unpaired) electrons. The molecule has 1 aliphatic heterocycles. The molecule has 1 aliphatic rings. The average molecular weight is 476 g/mol. The van der Waals surface area contributed by atoms with Gasteiger partial charge in [-0.2, -0.15) is 0 Å². The van der Waals surface area contributed by atoms with Crippen LogP contribution in [0.25, 0.3) is 0 Å². The maximum absolute atomic E-state index is 13.0. The van der Waals surface area contributed by atoms with Crippen molar-refractivity contribution in [3.8, 4) is 5.75 Å². The van der Waals surface area contributed by atoms with Gasteiger partial charge in [-0.25, -0.2) is 4.79 Å². The van der Waals surface area contributed by atoms with Crippen LogP contribution in [0.4, 0.5) is 16.2 Å². The minimum absolute atomic E-state index is 0.122. The summed E-state index contributed by atoms with van der Waals surface area (Å²) in [7, 11) is 0. The molecule has 2 N–H and O–H groups in total. The van der Waals surface area contributed by atoms with Gasteiger partial charge in [-0.1, -0.05) is 31.2 Å². The topological polar surface area (TPSA) is 70.7 Å². The molecule has 7 heteroatoms. The van der Waals surface area contributed by atoms with E-state index in [0.29, 0.717) is 29.6 Å². The molecule has 3 aromatic rings. The SMILES string of the molecule is CC(C)Oc1ccc(CNC(=O)c2ccc(NC(=O)N3C[C@@H](C)Sc4ccccc43)cc2)cc1. The summed E-state index contributed by atoms with van der Waals surface area (Å²) in [5, 5.41) is 6.19. The van der Waals surface area contributed by atoms with Crippen molar-refractivity contribution < 1.29 is 14.3 Å². The summed E-state index contributed by atoms with van der Waals surface area (Å²) < 4.78 is 5.64. The lowest BCUT2D eigenvalue weighted by Crippen LogP contribution is -2.41. The Morgan fingerprint density at radius 1 is 1.03 bits per heavy atom. The van der Waals surface area contributed by atoms with Gasteiger partial charge in [0.1, 0.15) is 5.75 Å². The minimum Gasteiger partial charge on any atom is -0.491 e. The molecular weight excluding hydrogens is 446 g/mol. The van der Waals surface area contributed by atoms with Crippen molar-refractivity contribution in [1.82, 2.24) is 5.32 Å². The van der Waals surface area contributed by atoms with E-state index in [4.69, 9.17) is 4.74 Å². The zero-order chi connectivity index (χ0) is 24.1. The average Bonchev–Trinajstić information content (AvgIpc) is 2.83. The lowest BCUT2D eigenvalue weighted by Gasteiger charge is -2.32. The predicted octanol–water partition coefficient (Wildman–Crippen LogP) is 5.94. The van der Waals surface area contributed by atoms with E-state index in [1.54, 1.807) is 40.9 Å². The van der Waals surface area contributed by atoms with Crippen LogP contribution in [-0.4, -0.2) is 29.8 Å². The molecule has 0 unspecified atom stereocenters. The molecular formula is C27H29N3O3S. The molecule has 6 nitrogen and oxygen atoms in total. The van der Waals surface area contributed by atoms with Crippen LogP contribution >= 0.6 is 11.8 Å². The number of anilines is 2. The van der Waals surface area contributed by atoms with E-state index in [9.17, 15) is 9.59 Å². The van der Waals surface area contributed by atoms with Gasteiger partial charge in [0.05, 0.1) is 11.8 Å². The van der Waals surface area contributed by atoms with Crippen LogP contribution in [0.3, 0.4) is 0 Å². The van der Waals surface area contributed by atoms with Gasteiger partial charge in [-0.05, 0) is 67.9 Å². The van der Waals surface area contributed by atoms with Crippen molar-refractivity contribution in [2.75, 3.05) is 16.8 Å². The molecule has 4 rings (SSSR count). The van der Waals surface area contributed by atoms with Crippen LogP contribution < -0.4 is 20.3 Å². The second-order valence-corrected chi connectivity index (χ2v) is 9.99. The number of ether oxygens (including phenoxy) is 1. The summed E-state index contributed by atoms with van der Waals surface area (Å²) >= 11 is 1.78. The van der Waals surface area contributed by atoms with E-state index in [1.165, 1.54) is 0 Å². The molecule has 34 heavy (non-hydrogen) atoms. The van der Waals surface area contributed by atoms with Crippen LogP contribution in [0.15, 0.2) is 77.7 Å². The number of amides is 3. The van der Waals surface area contributed by atoms with Gasteiger partial charge < -0.3 is 15.4 Å². The molecule has 0 aliphatic carbocycles. The van der Waals surface area contributed by atoms with Crippen LogP contribution in [0.2, 0.25) is 0 Å². The quantitative estimate of drug-likeness (QED) is 0.463. The number of nitrogens with zero attached hydrogens (tertiary/aromatic N) is 1. The normalized spacial score (nSPS) is 14.9. The maximum Gasteiger partial charge on any atom is 0.326 e. The van der Waals surface area contributed by atoms with E-state index in [0.717, 1.165) is 21.9 Å². The fourth-order valence-corrected chi connectivity index (χ4v) is 4.83. The van der Waals surface area contributed by atoms with Gasteiger partial charge >= 0.3 is 6.03 Å². The van der Waals surface area contributed by atoms with E-state index in [1.807, 2.05) is 62.4 Å². The number of thioether (sulfide) groups is 1. The Balaban J connectivity index is 1.33. The Morgan fingerprint density at radius 3 is 2.44 bits per heavy atom. The lowest BCUT2D eigenvalue weighted by atomic mass is 10.1. The highest BCUT2D eigenvalue weighted by molar-refractivity contribution is 8.00. The summed E-state index contributed by atoms with van der Waals surface area (Å²) in [6, 6.07) is 22.4. The number of hydrogen-bond donors (Lipinski definition) is 2. The molecule has 3 amide bonds. The van der Waals surface area contributed by atoms with Crippen molar-refractivity contribution in [2.24, 2.45) is 0 Å². The smallest absolute Gasteiger partial charge is 0.326 e. The Labute approximate surface area is 204 Å². The molecule has 0 bridgehead atoms. The van der Waals surface area contributed by atoms with E-state index < -0.39 is 0 Å². The molecule has 0 spiro atoms. The number of carbonyl (C=O) groups excluding carboxylic acids is 2. The number of benzene rings is 3. The molecule has 0 saturated heterocycles. The van der Waals surface area contributed by atoms with E-state index in [2.05, 4.69) is 17.6 Å². The summed E-state index contributed by atoms with van der Waals surface area (Å²) in [4.78, 5) is 28.4. The standard InChI is InChI=1S/C27H29N3O3S/c1-18(2)33-23-14-8-20(9-15-23)16-28-26(31)21-10-12-22(13-11-21)29-27(32)30-17-19(3)34-25-7-5-4-6-24(25)30/h4-15,18-19H,16-17H2,1-3H3,(H,28,31)(H,29,32)/t19-/m1/s1. The summed E-state index contributed by atoms with van der Waals surface area (Å²) in [6.45, 7) is 7.14. The van der Waals surface area contributed by atoms with Gasteiger partial charge in [0.2, 0.25) is 0 Å². The second-order valence-electron chi connectivity index (χ2n) is 8.51. The molecule has 176 valence electrons. The van der Waals surface area contributed by atoms with E-state index in [-0.39, 0.29) is 18.0 Å². The van der Waals surface area contributed by atoms with Gasteiger partial charge in [0, 0.05) is 34.5 Å². The van der Waals surface area contributed by atoms with Gasteiger partial charge in [0.15, 0.2) is 0 Å². The highest BCUT2D eigenvalue weighted by Crippen LogP contribution is 2.38. The van der Waals surface area contributed by atoms with E-state index >= 15 is 0 Å². The Kier molecular flexibility index (Phi) is 7.43. The number of rotatable bonds is 6. The third-order valence-corrected chi connectivity index (χ3v) is 6.47. The number of carbonyl (C=O) groups is 2. The highest BCUT2D eigenvalue weighted by atomic mass is 32.2. The molecule has 1 heterocycles. The fourth-order valence-electron chi connectivity index (χ4n) is 3.72. The minimum atomic E-state index is -0.179. The van der Waals surface area contributed by atoms with Gasteiger partial charge in [-0.15, -0.1) is 11.8 Å². The van der Waals surface area contributed by atoms with Crippen molar-refractivity contribution in [1.29, 1.82) is 0 Å². The van der Waals surface area contributed by atoms with Crippen molar-refractivity contribution in [2.45, 2.75) is 43.6 Å². The van der Waals surface area contributed by atoms with Crippen LogP contribution in [0, 0.1) is 0 Å². The third-order valence-electron chi connectivity index (χ3n) is 5.32. The van der Waals surface area contributed by atoms with Crippen molar-refractivity contribution in [3.05, 3.63) is 83.9 Å². The Hall–Kier alpha value is -3.45. The van der Waals surface area contributed by atoms with Crippen molar-refractivity contribution in [3.63, 3.8) is 0 Å². The Morgan fingerprint density at radius 2 is 1.74 bits per heavy atom. The first-order valence-electron chi connectivity index (χ1n) is 11.4. The predicted molar refractivity (Wildman–Crippen MR) is 138 cm³/mol. The zero-order valence-corrected chi connectivity index (χ0v) is 20.4. The molecule has 0 fully saturated rings. The maximum atomic E-state index is 13.0. The first-order valence-corrected chi connectivity index (χ1v) is 12.2. The summed E-state index contributed by atoms with van der Waals surface area (Å²) in [6.07, 6.45) is 0.122. The number of hydrogen-bond acceptors (Lipinski definition) is 4. The first kappa shape index (κ1) is 23.7. The molecule has 0 saturated carbocycles. The first-order chi connectivity index (χ1) is 16.4. The van der Waals surface area contributed by atoms with Crippen LogP contribution in [0.5, 0.6) is 5.75 Å². The number of para-hydroxylation sites is 1. The molecule has 1 atom stereocenters. The number of nitrogens with one attached hydrogen (secondary N) is 2. The number of fused-ring (bicyclic) bond motifs is 1. The summed E-state index contributed by atoms with van der Waals surface area (Å²) in [5.41, 5.74) is 3.09. The lowest BCUT2D eigenvalue weighted by molar-refractivity contribution is 0.0951. The van der Waals surface area contributed by atoms with Gasteiger partial charge in [-0.3, -0.25) is 9.69 Å². The fraction of sp³-hybridized carbons (Fsp3) is 0.259. The van der Waals surface area contributed by atoms with Gasteiger partial charge in [0.25, 0.3) is 5.91 Å². The molecule has 3 aromatic carbocycles.